The number of amidine groups is 1. The van der Waals surface area contributed by atoms with E-state index in [1.807, 2.05) is 30.3 Å². The van der Waals surface area contributed by atoms with Crippen molar-refractivity contribution >= 4 is 11.8 Å². The number of hydrogen-bond donors (Lipinski definition) is 1. The van der Waals surface area contributed by atoms with Crippen LogP contribution in [0.15, 0.2) is 59.8 Å². The lowest BCUT2D eigenvalue weighted by molar-refractivity contribution is -0.142. The minimum atomic E-state index is -0.501. The van der Waals surface area contributed by atoms with Gasteiger partial charge >= 0.3 is 5.97 Å². The Morgan fingerprint density at radius 3 is 2.48 bits per heavy atom. The van der Waals surface area contributed by atoms with Crippen molar-refractivity contribution in [3.05, 3.63) is 65.7 Å². The van der Waals surface area contributed by atoms with Gasteiger partial charge in [-0.2, -0.15) is 0 Å². The largest absolute Gasteiger partial charge is 0.496 e. The van der Waals surface area contributed by atoms with Gasteiger partial charge in [0.15, 0.2) is 5.84 Å². The summed E-state index contributed by atoms with van der Waals surface area (Å²) in [5, 5.41) is 3.65. The van der Waals surface area contributed by atoms with E-state index in [-0.39, 0.29) is 12.3 Å². The zero-order valence-corrected chi connectivity index (χ0v) is 11.7. The van der Waals surface area contributed by atoms with Crippen molar-refractivity contribution < 1.29 is 14.4 Å². The second-order valence-corrected chi connectivity index (χ2v) is 4.29. The standard InChI is InChI=1S/C16H16N2O3/c1-20-14-10-6-5-9-13(14)11-15(19)21-18-16(17)12-7-3-2-4-8-12/h2-10H,11H2,1H3,(H2,17,18). The highest BCUT2D eigenvalue weighted by Crippen LogP contribution is 2.18. The number of para-hydroxylation sites is 1. The van der Waals surface area contributed by atoms with Gasteiger partial charge < -0.3 is 15.3 Å². The molecule has 0 heterocycles. The third-order valence-electron chi connectivity index (χ3n) is 2.84. The number of nitrogens with zero attached hydrogens (tertiary/aromatic N) is 1. The molecule has 2 aromatic carbocycles. The molecule has 0 bridgehead atoms. The van der Waals surface area contributed by atoms with Crippen molar-refractivity contribution in [3.63, 3.8) is 0 Å². The summed E-state index contributed by atoms with van der Waals surface area (Å²) >= 11 is 0. The fraction of sp³-hybridized carbons (Fsp3) is 0.125. The summed E-state index contributed by atoms with van der Waals surface area (Å²) in [6, 6.07) is 16.3. The van der Waals surface area contributed by atoms with Crippen LogP contribution in [0.1, 0.15) is 11.1 Å². The monoisotopic (exact) mass is 284 g/mol. The molecule has 2 aromatic rings. The summed E-state index contributed by atoms with van der Waals surface area (Å²) < 4.78 is 5.17. The number of methoxy groups -OCH3 is 1. The highest BCUT2D eigenvalue weighted by atomic mass is 16.7. The number of rotatable bonds is 5. The first kappa shape index (κ1) is 14.6. The predicted octanol–water partition coefficient (Wildman–Crippen LogP) is 2.10. The Morgan fingerprint density at radius 1 is 1.10 bits per heavy atom. The molecular weight excluding hydrogens is 268 g/mol. The number of ether oxygens (including phenoxy) is 1. The van der Waals surface area contributed by atoms with E-state index >= 15 is 0 Å². The fourth-order valence-electron chi connectivity index (χ4n) is 1.80. The van der Waals surface area contributed by atoms with Crippen molar-refractivity contribution in [2.24, 2.45) is 10.9 Å². The van der Waals surface area contributed by atoms with Gasteiger partial charge in [0.25, 0.3) is 0 Å². The second-order valence-electron chi connectivity index (χ2n) is 4.29. The molecule has 0 saturated heterocycles. The zero-order chi connectivity index (χ0) is 15.1. The summed E-state index contributed by atoms with van der Waals surface area (Å²) in [6.45, 7) is 0. The van der Waals surface area contributed by atoms with E-state index in [0.29, 0.717) is 11.3 Å². The van der Waals surface area contributed by atoms with Crippen LogP contribution in [0.3, 0.4) is 0 Å². The molecule has 0 amide bonds. The van der Waals surface area contributed by atoms with E-state index in [2.05, 4.69) is 5.16 Å². The average Bonchev–Trinajstić information content (AvgIpc) is 2.54. The fourth-order valence-corrected chi connectivity index (χ4v) is 1.80. The number of oxime groups is 1. The summed E-state index contributed by atoms with van der Waals surface area (Å²) in [6.07, 6.45) is 0.0651. The van der Waals surface area contributed by atoms with Crippen LogP contribution in [0.4, 0.5) is 0 Å². The number of benzene rings is 2. The van der Waals surface area contributed by atoms with Gasteiger partial charge in [0, 0.05) is 11.1 Å². The minimum Gasteiger partial charge on any atom is -0.496 e. The minimum absolute atomic E-state index is 0.0651. The van der Waals surface area contributed by atoms with Crippen molar-refractivity contribution in [2.45, 2.75) is 6.42 Å². The average molecular weight is 284 g/mol. The summed E-state index contributed by atoms with van der Waals surface area (Å²) in [7, 11) is 1.55. The van der Waals surface area contributed by atoms with Gasteiger partial charge in [-0.3, -0.25) is 0 Å². The van der Waals surface area contributed by atoms with Crippen molar-refractivity contribution in [2.75, 3.05) is 7.11 Å². The lowest BCUT2D eigenvalue weighted by Crippen LogP contribution is -2.15. The Bertz CT molecular complexity index is 639. The summed E-state index contributed by atoms with van der Waals surface area (Å²) in [5.41, 5.74) is 7.17. The number of carbonyl (C=O) groups excluding carboxylic acids is 1. The Labute approximate surface area is 123 Å². The molecule has 21 heavy (non-hydrogen) atoms. The zero-order valence-electron chi connectivity index (χ0n) is 11.7. The Hall–Kier alpha value is -2.82. The van der Waals surface area contributed by atoms with Gasteiger partial charge in [0.05, 0.1) is 13.5 Å². The van der Waals surface area contributed by atoms with Gasteiger partial charge in [-0.1, -0.05) is 53.7 Å². The molecule has 0 fully saturated rings. The maximum absolute atomic E-state index is 11.8. The molecule has 0 atom stereocenters. The van der Waals surface area contributed by atoms with Crippen LogP contribution in [0, 0.1) is 0 Å². The van der Waals surface area contributed by atoms with Gasteiger partial charge in [-0.05, 0) is 6.07 Å². The van der Waals surface area contributed by atoms with E-state index < -0.39 is 5.97 Å². The van der Waals surface area contributed by atoms with Crippen molar-refractivity contribution in [1.29, 1.82) is 0 Å². The van der Waals surface area contributed by atoms with Crippen LogP contribution in [0.5, 0.6) is 5.75 Å². The summed E-state index contributed by atoms with van der Waals surface area (Å²) in [5.74, 6) is 0.289. The van der Waals surface area contributed by atoms with Gasteiger partial charge in [0.1, 0.15) is 5.75 Å². The molecule has 0 aliphatic rings. The number of nitrogens with two attached hydrogens (primary N) is 1. The van der Waals surface area contributed by atoms with Gasteiger partial charge in [-0.25, -0.2) is 4.79 Å². The lowest BCUT2D eigenvalue weighted by Gasteiger charge is -2.06. The highest BCUT2D eigenvalue weighted by Gasteiger charge is 2.10. The second kappa shape index (κ2) is 7.09. The van der Waals surface area contributed by atoms with E-state index in [1.165, 1.54) is 0 Å². The molecular formula is C16H16N2O3. The molecule has 0 aliphatic carbocycles. The maximum Gasteiger partial charge on any atom is 0.339 e. The van der Waals surface area contributed by atoms with E-state index in [1.54, 1.807) is 31.4 Å². The molecule has 0 radical (unpaired) electrons. The van der Waals surface area contributed by atoms with Crippen LogP contribution < -0.4 is 10.5 Å². The van der Waals surface area contributed by atoms with Gasteiger partial charge in [-0.15, -0.1) is 0 Å². The Kier molecular flexibility index (Phi) is 4.93. The molecule has 0 aromatic heterocycles. The van der Waals surface area contributed by atoms with Crippen LogP contribution in [0.2, 0.25) is 0 Å². The number of carbonyl (C=O) groups is 1. The lowest BCUT2D eigenvalue weighted by atomic mass is 10.1. The van der Waals surface area contributed by atoms with Crippen molar-refractivity contribution in [3.8, 4) is 5.75 Å². The molecule has 108 valence electrons. The van der Waals surface area contributed by atoms with Crippen LogP contribution in [-0.4, -0.2) is 18.9 Å². The molecule has 5 heteroatoms. The molecule has 2 rings (SSSR count). The molecule has 0 spiro atoms. The van der Waals surface area contributed by atoms with E-state index in [9.17, 15) is 4.79 Å². The Balaban J connectivity index is 1.99. The van der Waals surface area contributed by atoms with Crippen molar-refractivity contribution in [1.82, 2.24) is 0 Å². The molecule has 0 unspecified atom stereocenters. The molecule has 0 aliphatic heterocycles. The van der Waals surface area contributed by atoms with Crippen LogP contribution in [-0.2, 0) is 16.1 Å². The predicted molar refractivity (Wildman–Crippen MR) is 80.0 cm³/mol. The Morgan fingerprint density at radius 2 is 1.76 bits per heavy atom. The quantitative estimate of drug-likeness (QED) is 0.395. The SMILES string of the molecule is COc1ccccc1CC(=O)O/N=C(\N)c1ccccc1. The topological polar surface area (TPSA) is 73.9 Å². The third kappa shape index (κ3) is 4.07. The van der Waals surface area contributed by atoms with E-state index in [4.69, 9.17) is 15.3 Å². The molecule has 5 nitrogen and oxygen atoms in total. The number of hydrogen-bond acceptors (Lipinski definition) is 4. The third-order valence-corrected chi connectivity index (χ3v) is 2.84. The van der Waals surface area contributed by atoms with E-state index in [0.717, 1.165) is 5.56 Å². The first-order chi connectivity index (χ1) is 10.2. The molecule has 2 N–H and O–H groups in total. The van der Waals surface area contributed by atoms with Crippen LogP contribution in [0.25, 0.3) is 0 Å². The first-order valence-electron chi connectivity index (χ1n) is 6.41. The summed E-state index contributed by atoms with van der Waals surface area (Å²) in [4.78, 5) is 16.6. The smallest absolute Gasteiger partial charge is 0.339 e. The highest BCUT2D eigenvalue weighted by molar-refractivity contribution is 5.97. The first-order valence-corrected chi connectivity index (χ1v) is 6.41. The van der Waals surface area contributed by atoms with Crippen LogP contribution >= 0.6 is 0 Å². The molecule has 0 saturated carbocycles. The normalized spacial score (nSPS) is 11.0. The van der Waals surface area contributed by atoms with Gasteiger partial charge in [0.2, 0.25) is 0 Å². The maximum atomic E-state index is 11.8.